The van der Waals surface area contributed by atoms with Crippen molar-refractivity contribution >= 4 is 5.57 Å². The average Bonchev–Trinajstić information content (AvgIpc) is 3.23. The van der Waals surface area contributed by atoms with Crippen LogP contribution in [0.1, 0.15) is 12.0 Å². The van der Waals surface area contributed by atoms with E-state index in [0.717, 1.165) is 11.0 Å². The second-order valence-corrected chi connectivity index (χ2v) is 5.74. The molecule has 0 amide bonds. The number of benzene rings is 1. The van der Waals surface area contributed by atoms with Crippen molar-refractivity contribution in [2.45, 2.75) is 31.0 Å². The van der Waals surface area contributed by atoms with Gasteiger partial charge in [0.25, 0.3) is 0 Å². The molecular formula is C15H15F5N2O. The van der Waals surface area contributed by atoms with Gasteiger partial charge in [-0.3, -0.25) is 4.90 Å². The number of nitrogens with two attached hydrogens (primary N) is 1. The summed E-state index contributed by atoms with van der Waals surface area (Å²) >= 11 is 0. The molecular weight excluding hydrogens is 319 g/mol. The minimum absolute atomic E-state index is 0.0523. The third kappa shape index (κ3) is 3.54. The molecule has 8 heteroatoms. The maximum absolute atomic E-state index is 14.0. The second kappa shape index (κ2) is 5.85. The summed E-state index contributed by atoms with van der Waals surface area (Å²) in [5, 5.41) is 0. The van der Waals surface area contributed by atoms with E-state index in [1.54, 1.807) is 6.08 Å². The lowest BCUT2D eigenvalue weighted by molar-refractivity contribution is -0.148. The molecule has 2 unspecified atom stereocenters. The van der Waals surface area contributed by atoms with Gasteiger partial charge in [0.15, 0.2) is 11.6 Å². The Morgan fingerprint density at radius 3 is 2.70 bits per heavy atom. The summed E-state index contributed by atoms with van der Waals surface area (Å²) in [4.78, 5) is 1.06. The highest BCUT2D eigenvalue weighted by Crippen LogP contribution is 2.36. The minimum Gasteiger partial charge on any atom is -0.351 e. The molecule has 1 fully saturated rings. The van der Waals surface area contributed by atoms with Gasteiger partial charge in [-0.1, -0.05) is 18.2 Å². The van der Waals surface area contributed by atoms with Crippen molar-refractivity contribution in [3.63, 3.8) is 0 Å². The number of hydrogen-bond donors (Lipinski definition) is 1. The van der Waals surface area contributed by atoms with Gasteiger partial charge in [-0.25, -0.2) is 8.78 Å². The number of fused-ring (bicyclic) bond motifs is 1. The molecule has 1 aromatic rings. The first kappa shape index (κ1) is 16.4. The number of epoxide rings is 1. The van der Waals surface area contributed by atoms with Crippen LogP contribution in [0.2, 0.25) is 0 Å². The second-order valence-electron chi connectivity index (χ2n) is 5.74. The predicted octanol–water partition coefficient (Wildman–Crippen LogP) is 2.67. The molecule has 2 heterocycles. The maximum Gasteiger partial charge on any atom is 0.401 e. The van der Waals surface area contributed by atoms with Gasteiger partial charge < -0.3 is 10.5 Å². The largest absolute Gasteiger partial charge is 0.401 e. The first-order chi connectivity index (χ1) is 10.8. The zero-order chi connectivity index (χ0) is 16.8. The Morgan fingerprint density at radius 2 is 2.00 bits per heavy atom. The minimum atomic E-state index is -4.43. The zero-order valence-corrected chi connectivity index (χ0v) is 12.0. The Bertz CT molecular complexity index is 631. The van der Waals surface area contributed by atoms with E-state index in [0.29, 0.717) is 6.42 Å². The molecule has 0 bridgehead atoms. The zero-order valence-electron chi connectivity index (χ0n) is 12.0. The standard InChI is InChI=1S/C15H15F5N2O/c16-10-3-1-2-9(12(10)17)8-4-5-11(21)13-14(23-13)22(6-8)7-15(18,19)20/h1-4,11,13-14H,5-7,21H2/t11-,13?,14?/m0/s1. The van der Waals surface area contributed by atoms with Crippen LogP contribution in [0, 0.1) is 11.6 Å². The van der Waals surface area contributed by atoms with Gasteiger partial charge in [-0.15, -0.1) is 0 Å². The van der Waals surface area contributed by atoms with E-state index in [-0.39, 0.29) is 17.7 Å². The van der Waals surface area contributed by atoms with Crippen molar-refractivity contribution in [3.8, 4) is 0 Å². The van der Waals surface area contributed by atoms with E-state index in [2.05, 4.69) is 0 Å². The fourth-order valence-corrected chi connectivity index (χ4v) is 2.83. The van der Waals surface area contributed by atoms with Gasteiger partial charge in [0.05, 0.1) is 6.54 Å². The maximum atomic E-state index is 14.0. The number of hydrogen-bond acceptors (Lipinski definition) is 3. The van der Waals surface area contributed by atoms with Crippen LogP contribution in [0.15, 0.2) is 24.3 Å². The molecule has 1 saturated heterocycles. The first-order valence-corrected chi connectivity index (χ1v) is 7.11. The molecule has 3 nitrogen and oxygen atoms in total. The summed E-state index contributed by atoms with van der Waals surface area (Å²) < 4.78 is 70.9. The lowest BCUT2D eigenvalue weighted by atomic mass is 9.98. The monoisotopic (exact) mass is 334 g/mol. The van der Waals surface area contributed by atoms with Crippen molar-refractivity contribution in [1.29, 1.82) is 0 Å². The molecule has 0 aromatic heterocycles. The summed E-state index contributed by atoms with van der Waals surface area (Å²) in [7, 11) is 0. The molecule has 0 saturated carbocycles. The quantitative estimate of drug-likeness (QED) is 0.668. The number of halogens is 5. The van der Waals surface area contributed by atoms with Crippen LogP contribution in [0.4, 0.5) is 22.0 Å². The molecule has 0 radical (unpaired) electrons. The molecule has 3 atom stereocenters. The predicted molar refractivity (Wildman–Crippen MR) is 73.2 cm³/mol. The van der Waals surface area contributed by atoms with Crippen LogP contribution >= 0.6 is 0 Å². The van der Waals surface area contributed by atoms with Crippen LogP contribution < -0.4 is 5.73 Å². The van der Waals surface area contributed by atoms with Gasteiger partial charge in [-0.2, -0.15) is 13.2 Å². The Morgan fingerprint density at radius 1 is 1.26 bits per heavy atom. The van der Waals surface area contributed by atoms with Crippen molar-refractivity contribution < 1.29 is 26.7 Å². The number of ether oxygens (including phenoxy) is 1. The Labute approximate surface area is 129 Å². The number of alkyl halides is 3. The number of rotatable bonds is 2. The molecule has 2 aliphatic rings. The third-order valence-electron chi connectivity index (χ3n) is 3.97. The SMILES string of the molecule is N[C@H]1CC=C(c2cccc(F)c2F)CN(CC(F)(F)F)C2OC21. The van der Waals surface area contributed by atoms with Crippen LogP contribution in [0.5, 0.6) is 0 Å². The van der Waals surface area contributed by atoms with E-state index in [1.807, 2.05) is 0 Å². The number of nitrogens with zero attached hydrogens (tertiary/aromatic N) is 1. The smallest absolute Gasteiger partial charge is 0.351 e. The lowest BCUT2D eigenvalue weighted by Gasteiger charge is -2.26. The van der Waals surface area contributed by atoms with Gasteiger partial charge in [0.1, 0.15) is 12.3 Å². The molecule has 126 valence electrons. The fourth-order valence-electron chi connectivity index (χ4n) is 2.83. The molecule has 0 aliphatic carbocycles. The van der Waals surface area contributed by atoms with Gasteiger partial charge in [-0.05, 0) is 18.1 Å². The Kier molecular flexibility index (Phi) is 4.16. The highest BCUT2D eigenvalue weighted by atomic mass is 19.4. The van der Waals surface area contributed by atoms with E-state index in [4.69, 9.17) is 10.5 Å². The van der Waals surface area contributed by atoms with Gasteiger partial charge >= 0.3 is 6.18 Å². The molecule has 23 heavy (non-hydrogen) atoms. The topological polar surface area (TPSA) is 41.8 Å². The summed E-state index contributed by atoms with van der Waals surface area (Å²) in [5.74, 6) is -2.12. The Hall–Kier alpha value is -1.51. The van der Waals surface area contributed by atoms with Crippen LogP contribution in [0.25, 0.3) is 5.57 Å². The van der Waals surface area contributed by atoms with Crippen molar-refractivity contribution in [2.75, 3.05) is 13.1 Å². The Balaban J connectivity index is 1.92. The van der Waals surface area contributed by atoms with Crippen molar-refractivity contribution in [2.24, 2.45) is 5.73 Å². The highest BCUT2D eigenvalue weighted by molar-refractivity contribution is 5.68. The van der Waals surface area contributed by atoms with E-state index in [9.17, 15) is 22.0 Å². The van der Waals surface area contributed by atoms with Crippen molar-refractivity contribution in [3.05, 3.63) is 41.5 Å². The molecule has 3 rings (SSSR count). The molecule has 1 aromatic carbocycles. The summed E-state index contributed by atoms with van der Waals surface area (Å²) in [6, 6.07) is 3.14. The summed E-state index contributed by atoms with van der Waals surface area (Å²) in [6.45, 7) is -1.39. The highest BCUT2D eigenvalue weighted by Gasteiger charge is 2.50. The summed E-state index contributed by atoms with van der Waals surface area (Å²) in [5.41, 5.74) is 6.10. The van der Waals surface area contributed by atoms with Crippen LogP contribution in [0.3, 0.4) is 0 Å². The van der Waals surface area contributed by atoms with E-state index >= 15 is 0 Å². The molecule has 0 spiro atoms. The molecule has 2 N–H and O–H groups in total. The normalized spacial score (nSPS) is 28.6. The fraction of sp³-hybridized carbons (Fsp3) is 0.467. The van der Waals surface area contributed by atoms with Gasteiger partial charge in [0.2, 0.25) is 0 Å². The first-order valence-electron chi connectivity index (χ1n) is 7.11. The third-order valence-corrected chi connectivity index (χ3v) is 3.97. The summed E-state index contributed by atoms with van der Waals surface area (Å²) in [6.07, 6.45) is -3.75. The van der Waals surface area contributed by atoms with Gasteiger partial charge in [0, 0.05) is 18.2 Å². The van der Waals surface area contributed by atoms with Crippen LogP contribution in [-0.4, -0.2) is 42.5 Å². The van der Waals surface area contributed by atoms with Crippen LogP contribution in [-0.2, 0) is 4.74 Å². The molecule has 2 aliphatic heterocycles. The van der Waals surface area contributed by atoms with E-state index in [1.165, 1.54) is 12.1 Å². The van der Waals surface area contributed by atoms with E-state index < -0.39 is 42.7 Å². The van der Waals surface area contributed by atoms with Crippen molar-refractivity contribution in [1.82, 2.24) is 4.90 Å². The lowest BCUT2D eigenvalue weighted by Crippen LogP contribution is -2.42. The average molecular weight is 334 g/mol.